The first-order valence-electron chi connectivity index (χ1n) is 6.13. The number of nitrogens with two attached hydrogens (primary N) is 1. The van der Waals surface area contributed by atoms with Crippen molar-refractivity contribution < 1.29 is 4.79 Å². The zero-order chi connectivity index (χ0) is 12.1. The maximum atomic E-state index is 11.8. The quantitative estimate of drug-likeness (QED) is 0.774. The van der Waals surface area contributed by atoms with E-state index in [1.807, 2.05) is 29.3 Å². The molecule has 0 saturated carbocycles. The predicted octanol–water partition coefficient (Wildman–Crippen LogP) is 1.33. The number of rotatable bonds is 3. The lowest BCUT2D eigenvalue weighted by atomic mass is 10.1. The molecule has 0 radical (unpaired) electrons. The van der Waals surface area contributed by atoms with Gasteiger partial charge in [-0.25, -0.2) is 5.01 Å². The van der Waals surface area contributed by atoms with Crippen LogP contribution in [0.3, 0.4) is 0 Å². The number of amides is 1. The van der Waals surface area contributed by atoms with Gasteiger partial charge in [0.1, 0.15) is 0 Å². The van der Waals surface area contributed by atoms with E-state index in [9.17, 15) is 4.79 Å². The molecule has 3 N–H and O–H groups in total. The van der Waals surface area contributed by atoms with E-state index in [0.29, 0.717) is 12.1 Å². The van der Waals surface area contributed by atoms with E-state index in [4.69, 9.17) is 5.73 Å². The standard InChI is InChI=1S/C13H19N3O/c14-12-7-3-2-6-11(12)10-13(17)15-16-8-4-1-5-9-16/h2-3,6-7H,1,4-5,8-10,14H2,(H,15,17). The number of nitrogens with one attached hydrogen (secondary N) is 1. The molecule has 1 aromatic carbocycles. The van der Waals surface area contributed by atoms with Crippen LogP contribution in [-0.4, -0.2) is 24.0 Å². The molecular weight excluding hydrogens is 214 g/mol. The lowest BCUT2D eigenvalue weighted by molar-refractivity contribution is -0.125. The highest BCUT2D eigenvalue weighted by molar-refractivity contribution is 5.79. The maximum Gasteiger partial charge on any atom is 0.238 e. The van der Waals surface area contributed by atoms with Crippen molar-refractivity contribution in [3.8, 4) is 0 Å². The van der Waals surface area contributed by atoms with Gasteiger partial charge in [-0.15, -0.1) is 0 Å². The molecule has 92 valence electrons. The van der Waals surface area contributed by atoms with Gasteiger partial charge in [-0.2, -0.15) is 0 Å². The molecule has 0 spiro atoms. The first kappa shape index (κ1) is 11.9. The van der Waals surface area contributed by atoms with Gasteiger partial charge < -0.3 is 5.73 Å². The van der Waals surface area contributed by atoms with Crippen LogP contribution in [0.1, 0.15) is 24.8 Å². The van der Waals surface area contributed by atoms with Crippen molar-refractivity contribution in [3.63, 3.8) is 0 Å². The van der Waals surface area contributed by atoms with E-state index in [2.05, 4.69) is 5.43 Å². The van der Waals surface area contributed by atoms with Crippen LogP contribution < -0.4 is 11.2 Å². The summed E-state index contributed by atoms with van der Waals surface area (Å²) < 4.78 is 0. The molecule has 0 aliphatic carbocycles. The van der Waals surface area contributed by atoms with Crippen molar-refractivity contribution >= 4 is 11.6 Å². The highest BCUT2D eigenvalue weighted by Crippen LogP contribution is 2.11. The summed E-state index contributed by atoms with van der Waals surface area (Å²) >= 11 is 0. The summed E-state index contributed by atoms with van der Waals surface area (Å²) in [5.41, 5.74) is 10.3. The van der Waals surface area contributed by atoms with Crippen molar-refractivity contribution in [1.82, 2.24) is 10.4 Å². The Morgan fingerprint density at radius 2 is 1.94 bits per heavy atom. The number of nitrogens with zero attached hydrogens (tertiary/aromatic N) is 1. The molecular formula is C13H19N3O. The third-order valence-electron chi connectivity index (χ3n) is 3.04. The second-order valence-corrected chi connectivity index (χ2v) is 4.46. The van der Waals surface area contributed by atoms with Crippen LogP contribution in [0.15, 0.2) is 24.3 Å². The minimum absolute atomic E-state index is 0.0183. The van der Waals surface area contributed by atoms with E-state index in [1.54, 1.807) is 0 Å². The highest BCUT2D eigenvalue weighted by atomic mass is 16.2. The van der Waals surface area contributed by atoms with Crippen LogP contribution in [0.4, 0.5) is 5.69 Å². The topological polar surface area (TPSA) is 58.4 Å². The van der Waals surface area contributed by atoms with Gasteiger partial charge in [0.2, 0.25) is 5.91 Å². The predicted molar refractivity (Wildman–Crippen MR) is 68.1 cm³/mol. The molecule has 1 heterocycles. The number of nitrogen functional groups attached to an aromatic ring is 1. The Morgan fingerprint density at radius 3 is 2.65 bits per heavy atom. The van der Waals surface area contributed by atoms with Crippen molar-refractivity contribution in [2.24, 2.45) is 0 Å². The molecule has 2 rings (SSSR count). The fourth-order valence-electron chi connectivity index (χ4n) is 2.09. The lowest BCUT2D eigenvalue weighted by Gasteiger charge is -2.26. The Kier molecular flexibility index (Phi) is 3.98. The maximum absolute atomic E-state index is 11.8. The first-order chi connectivity index (χ1) is 8.25. The minimum Gasteiger partial charge on any atom is -0.398 e. The number of para-hydroxylation sites is 1. The van der Waals surface area contributed by atoms with Crippen LogP contribution >= 0.6 is 0 Å². The summed E-state index contributed by atoms with van der Waals surface area (Å²) in [5, 5.41) is 2.00. The summed E-state index contributed by atoms with van der Waals surface area (Å²) in [6.45, 7) is 1.91. The lowest BCUT2D eigenvalue weighted by Crippen LogP contribution is -2.45. The molecule has 1 aliphatic heterocycles. The smallest absolute Gasteiger partial charge is 0.238 e. The Hall–Kier alpha value is -1.55. The summed E-state index contributed by atoms with van der Waals surface area (Å²) in [6.07, 6.45) is 3.93. The second kappa shape index (κ2) is 5.68. The van der Waals surface area contributed by atoms with Crippen LogP contribution in [-0.2, 0) is 11.2 Å². The zero-order valence-electron chi connectivity index (χ0n) is 9.98. The molecule has 4 heteroatoms. The average molecular weight is 233 g/mol. The number of piperidine rings is 1. The van der Waals surface area contributed by atoms with Crippen molar-refractivity contribution in [3.05, 3.63) is 29.8 Å². The van der Waals surface area contributed by atoms with E-state index in [-0.39, 0.29) is 5.91 Å². The number of benzene rings is 1. The first-order valence-corrected chi connectivity index (χ1v) is 6.13. The Labute approximate surface area is 102 Å². The molecule has 0 aromatic heterocycles. The molecule has 1 aromatic rings. The number of hydrogen-bond acceptors (Lipinski definition) is 3. The number of carbonyl (C=O) groups excluding carboxylic acids is 1. The van der Waals surface area contributed by atoms with Crippen LogP contribution in [0.2, 0.25) is 0 Å². The zero-order valence-corrected chi connectivity index (χ0v) is 9.98. The minimum atomic E-state index is 0.0183. The average Bonchev–Trinajstić information content (AvgIpc) is 2.33. The highest BCUT2D eigenvalue weighted by Gasteiger charge is 2.13. The number of hydrogen-bond donors (Lipinski definition) is 2. The summed E-state index contributed by atoms with van der Waals surface area (Å²) in [5.74, 6) is 0.0183. The van der Waals surface area contributed by atoms with Gasteiger partial charge in [-0.1, -0.05) is 24.6 Å². The van der Waals surface area contributed by atoms with Crippen molar-refractivity contribution in [2.45, 2.75) is 25.7 Å². The summed E-state index contributed by atoms with van der Waals surface area (Å²) in [6, 6.07) is 7.50. The normalized spacial score (nSPS) is 16.7. The Bertz CT molecular complexity index is 386. The molecule has 17 heavy (non-hydrogen) atoms. The number of hydrazine groups is 1. The van der Waals surface area contributed by atoms with Gasteiger partial charge >= 0.3 is 0 Å². The monoisotopic (exact) mass is 233 g/mol. The molecule has 1 saturated heterocycles. The molecule has 0 unspecified atom stereocenters. The van der Waals surface area contributed by atoms with Gasteiger partial charge in [-0.3, -0.25) is 10.2 Å². The van der Waals surface area contributed by atoms with Crippen LogP contribution in [0.25, 0.3) is 0 Å². The van der Waals surface area contributed by atoms with Gasteiger partial charge in [0.05, 0.1) is 6.42 Å². The molecule has 1 aliphatic rings. The van der Waals surface area contributed by atoms with Gasteiger partial charge in [0.15, 0.2) is 0 Å². The number of carbonyl (C=O) groups is 1. The van der Waals surface area contributed by atoms with Crippen LogP contribution in [0.5, 0.6) is 0 Å². The number of anilines is 1. The largest absolute Gasteiger partial charge is 0.398 e. The van der Waals surface area contributed by atoms with Crippen molar-refractivity contribution in [2.75, 3.05) is 18.8 Å². The van der Waals surface area contributed by atoms with Gasteiger partial charge in [-0.05, 0) is 24.5 Å². The van der Waals surface area contributed by atoms with Gasteiger partial charge in [0.25, 0.3) is 0 Å². The third-order valence-corrected chi connectivity index (χ3v) is 3.04. The molecule has 1 fully saturated rings. The molecule has 0 bridgehead atoms. The van der Waals surface area contributed by atoms with E-state index in [1.165, 1.54) is 6.42 Å². The van der Waals surface area contributed by atoms with Gasteiger partial charge in [0, 0.05) is 18.8 Å². The molecule has 0 atom stereocenters. The summed E-state index contributed by atoms with van der Waals surface area (Å²) in [4.78, 5) is 11.8. The molecule has 1 amide bonds. The Balaban J connectivity index is 1.86. The van der Waals surface area contributed by atoms with E-state index < -0.39 is 0 Å². The molecule has 4 nitrogen and oxygen atoms in total. The van der Waals surface area contributed by atoms with Crippen LogP contribution in [0, 0.1) is 0 Å². The van der Waals surface area contributed by atoms with Crippen molar-refractivity contribution in [1.29, 1.82) is 0 Å². The fraction of sp³-hybridized carbons (Fsp3) is 0.462. The third kappa shape index (κ3) is 3.46. The Morgan fingerprint density at radius 1 is 1.24 bits per heavy atom. The SMILES string of the molecule is Nc1ccccc1CC(=O)NN1CCCCC1. The second-order valence-electron chi connectivity index (χ2n) is 4.46. The summed E-state index contributed by atoms with van der Waals surface area (Å²) in [7, 11) is 0. The fourth-order valence-corrected chi connectivity index (χ4v) is 2.09. The van der Waals surface area contributed by atoms with E-state index >= 15 is 0 Å². The van der Waals surface area contributed by atoms with E-state index in [0.717, 1.165) is 31.5 Å².